The minimum atomic E-state index is 0.403. The van der Waals surface area contributed by atoms with Crippen LogP contribution in [0.15, 0.2) is 267 Å². The van der Waals surface area contributed by atoms with E-state index < -0.39 is 0 Å². The Morgan fingerprint density at radius 1 is 0.343 bits per heavy atom. The van der Waals surface area contributed by atoms with Crippen LogP contribution in [0, 0.1) is 0 Å². The third kappa shape index (κ3) is 8.18. The highest BCUT2D eigenvalue weighted by Gasteiger charge is 2.25. The highest BCUT2D eigenvalue weighted by atomic mass is 15.1. The average Bonchev–Trinajstić information content (AvgIpc) is 3.78. The molecule has 1 heterocycles. The Kier molecular flexibility index (Phi) is 11.3. The van der Waals surface area contributed by atoms with Crippen LogP contribution in [0.3, 0.4) is 0 Å². The molecule has 0 spiro atoms. The zero-order valence-electron chi connectivity index (χ0n) is 39.1. The molecule has 11 aromatic rings. The van der Waals surface area contributed by atoms with Crippen LogP contribution in [-0.4, -0.2) is 4.57 Å². The van der Waals surface area contributed by atoms with Gasteiger partial charge in [-0.25, -0.2) is 0 Å². The van der Waals surface area contributed by atoms with Gasteiger partial charge in [0.15, 0.2) is 0 Å². The van der Waals surface area contributed by atoms with Crippen LogP contribution in [-0.2, 0) is 0 Å². The molecule has 0 saturated heterocycles. The zero-order valence-corrected chi connectivity index (χ0v) is 39.1. The van der Waals surface area contributed by atoms with Gasteiger partial charge in [0.1, 0.15) is 0 Å². The molecule has 0 N–H and O–H groups in total. The average molecular weight is 898 g/mol. The summed E-state index contributed by atoms with van der Waals surface area (Å²) in [4.78, 5) is 4.74. The zero-order chi connectivity index (χ0) is 46.8. The van der Waals surface area contributed by atoms with Gasteiger partial charge < -0.3 is 14.4 Å². The van der Waals surface area contributed by atoms with E-state index >= 15 is 0 Å². The summed E-state index contributed by atoms with van der Waals surface area (Å²) in [6.45, 7) is 2.35. The molecule has 0 aliphatic heterocycles. The number of benzene rings is 10. The Bertz CT molecular complexity index is 3480. The summed E-state index contributed by atoms with van der Waals surface area (Å²) in [5.41, 5.74) is 21.2. The Morgan fingerprint density at radius 3 is 1.03 bits per heavy atom. The number of anilines is 6. The first-order valence-electron chi connectivity index (χ1n) is 24.3. The number of hydrogen-bond donors (Lipinski definition) is 0. The third-order valence-corrected chi connectivity index (χ3v) is 13.8. The molecule has 334 valence electrons. The normalized spacial score (nSPS) is 13.0. The topological polar surface area (TPSA) is 11.4 Å². The van der Waals surface area contributed by atoms with Crippen molar-refractivity contribution in [1.82, 2.24) is 4.57 Å². The Morgan fingerprint density at radius 2 is 0.657 bits per heavy atom. The van der Waals surface area contributed by atoms with Gasteiger partial charge in [0.25, 0.3) is 0 Å². The van der Waals surface area contributed by atoms with Crippen LogP contribution >= 0.6 is 0 Å². The second kappa shape index (κ2) is 18.6. The van der Waals surface area contributed by atoms with Gasteiger partial charge in [-0.1, -0.05) is 195 Å². The van der Waals surface area contributed by atoms with E-state index in [0.29, 0.717) is 5.92 Å². The fourth-order valence-corrected chi connectivity index (χ4v) is 10.3. The fourth-order valence-electron chi connectivity index (χ4n) is 10.3. The summed E-state index contributed by atoms with van der Waals surface area (Å²) in [6, 6.07) is 94.4. The Hall–Kier alpha value is -8.92. The van der Waals surface area contributed by atoms with Crippen molar-refractivity contribution in [2.45, 2.75) is 19.3 Å². The number of fused-ring (bicyclic) bond motifs is 3. The second-order valence-electron chi connectivity index (χ2n) is 18.2. The number of para-hydroxylation sites is 1. The van der Waals surface area contributed by atoms with Gasteiger partial charge in [0.05, 0.1) is 5.52 Å². The third-order valence-electron chi connectivity index (χ3n) is 13.8. The standard InChI is InChI=1S/C67H51N3/c1-48-15-14-24-65-64-46-45-63(47-66(64)70(67(48)65)57-22-12-5-13-23-57)69(61-41-29-54(30-42-61)51-20-10-4-11-21-51)62-43-33-56(34-44-62)55-31-39-60(40-32-55)68(58-35-25-52(26-36-58)49-16-6-2-7-17-49)59-37-27-53(28-38-59)50-18-8-3-9-19-50/h2-14,16-48H,15H2,1H3. The van der Waals surface area contributed by atoms with Crippen molar-refractivity contribution in [3.8, 4) is 50.2 Å². The predicted octanol–water partition coefficient (Wildman–Crippen LogP) is 18.8. The van der Waals surface area contributed by atoms with Crippen molar-refractivity contribution in [2.24, 2.45) is 0 Å². The molecule has 1 aliphatic carbocycles. The van der Waals surface area contributed by atoms with E-state index in [9.17, 15) is 0 Å². The molecule has 1 unspecified atom stereocenters. The summed E-state index contributed by atoms with van der Waals surface area (Å²) < 4.78 is 2.49. The van der Waals surface area contributed by atoms with E-state index in [1.54, 1.807) is 0 Å². The molecular formula is C67H51N3. The maximum Gasteiger partial charge on any atom is 0.0558 e. The van der Waals surface area contributed by atoms with Gasteiger partial charge >= 0.3 is 0 Å². The maximum atomic E-state index is 2.49. The van der Waals surface area contributed by atoms with Crippen LogP contribution in [0.5, 0.6) is 0 Å². The minimum absolute atomic E-state index is 0.403. The summed E-state index contributed by atoms with van der Waals surface area (Å²) in [6.07, 6.45) is 5.69. The van der Waals surface area contributed by atoms with E-state index in [4.69, 9.17) is 0 Å². The molecule has 1 atom stereocenters. The maximum absolute atomic E-state index is 2.49. The molecular weight excluding hydrogens is 847 g/mol. The van der Waals surface area contributed by atoms with E-state index in [-0.39, 0.29) is 0 Å². The van der Waals surface area contributed by atoms with Crippen molar-refractivity contribution >= 4 is 51.1 Å². The van der Waals surface area contributed by atoms with Gasteiger partial charge in [0, 0.05) is 62.4 Å². The molecule has 0 radical (unpaired) electrons. The van der Waals surface area contributed by atoms with Gasteiger partial charge in [-0.15, -0.1) is 0 Å². The molecule has 0 bridgehead atoms. The summed E-state index contributed by atoms with van der Waals surface area (Å²) >= 11 is 0. The summed E-state index contributed by atoms with van der Waals surface area (Å²) in [5.74, 6) is 0.403. The molecule has 0 saturated carbocycles. The van der Waals surface area contributed by atoms with E-state index in [1.165, 1.54) is 61.2 Å². The molecule has 3 heteroatoms. The van der Waals surface area contributed by atoms with Crippen molar-refractivity contribution < 1.29 is 0 Å². The fraction of sp³-hybridized carbons (Fsp3) is 0.0448. The SMILES string of the molecule is CC1CC=Cc2c1n(-c1ccccc1)c1cc(N(c3ccc(-c4ccccc4)cc3)c3ccc(-c4ccc(N(c5ccc(-c6ccccc6)cc5)c5ccc(-c6ccccc6)cc5)cc4)cc3)ccc21. The Labute approximate surface area is 411 Å². The second-order valence-corrected chi connectivity index (χ2v) is 18.2. The van der Waals surface area contributed by atoms with Crippen molar-refractivity contribution in [3.05, 3.63) is 278 Å². The molecule has 12 rings (SSSR count). The van der Waals surface area contributed by atoms with Crippen LogP contribution in [0.4, 0.5) is 34.1 Å². The number of nitrogens with zero attached hydrogens (tertiary/aromatic N) is 3. The molecule has 1 aliphatic rings. The lowest BCUT2D eigenvalue weighted by molar-refractivity contribution is 0.723. The molecule has 70 heavy (non-hydrogen) atoms. The first kappa shape index (κ1) is 42.4. The highest BCUT2D eigenvalue weighted by Crippen LogP contribution is 2.44. The van der Waals surface area contributed by atoms with Crippen molar-refractivity contribution in [2.75, 3.05) is 9.80 Å². The van der Waals surface area contributed by atoms with Crippen LogP contribution in [0.2, 0.25) is 0 Å². The first-order chi connectivity index (χ1) is 34.6. The highest BCUT2D eigenvalue weighted by molar-refractivity contribution is 5.97. The molecule has 0 amide bonds. The van der Waals surface area contributed by atoms with Crippen molar-refractivity contribution in [3.63, 3.8) is 0 Å². The van der Waals surface area contributed by atoms with Crippen LogP contribution in [0.25, 0.3) is 67.2 Å². The largest absolute Gasteiger partial charge is 0.313 e. The summed E-state index contributed by atoms with van der Waals surface area (Å²) in [7, 11) is 0. The molecule has 10 aromatic carbocycles. The molecule has 3 nitrogen and oxygen atoms in total. The van der Waals surface area contributed by atoms with E-state index in [2.05, 4.69) is 294 Å². The van der Waals surface area contributed by atoms with Gasteiger partial charge in [-0.05, 0) is 136 Å². The van der Waals surface area contributed by atoms with Gasteiger partial charge in [-0.2, -0.15) is 0 Å². The number of allylic oxidation sites excluding steroid dienone is 1. The smallest absolute Gasteiger partial charge is 0.0558 e. The monoisotopic (exact) mass is 897 g/mol. The molecule has 1 aromatic heterocycles. The van der Waals surface area contributed by atoms with Crippen LogP contribution < -0.4 is 9.80 Å². The lowest BCUT2D eigenvalue weighted by Gasteiger charge is -2.27. The lowest BCUT2D eigenvalue weighted by Crippen LogP contribution is -2.10. The lowest BCUT2D eigenvalue weighted by atomic mass is 9.93. The number of hydrogen-bond acceptors (Lipinski definition) is 2. The van der Waals surface area contributed by atoms with Gasteiger partial charge in [-0.3, -0.25) is 0 Å². The Balaban J connectivity index is 0.905. The van der Waals surface area contributed by atoms with Crippen LogP contribution in [0.1, 0.15) is 30.5 Å². The van der Waals surface area contributed by atoms with E-state index in [0.717, 1.165) is 51.7 Å². The summed E-state index contributed by atoms with van der Waals surface area (Å²) in [5, 5.41) is 1.27. The number of rotatable bonds is 11. The minimum Gasteiger partial charge on any atom is -0.313 e. The predicted molar refractivity (Wildman–Crippen MR) is 296 cm³/mol. The van der Waals surface area contributed by atoms with E-state index in [1.807, 2.05) is 0 Å². The first-order valence-corrected chi connectivity index (χ1v) is 24.3. The van der Waals surface area contributed by atoms with Crippen molar-refractivity contribution in [1.29, 1.82) is 0 Å². The van der Waals surface area contributed by atoms with Gasteiger partial charge in [0.2, 0.25) is 0 Å². The quantitative estimate of drug-likeness (QED) is 0.128. The number of aromatic nitrogens is 1. The molecule has 0 fully saturated rings.